The quantitative estimate of drug-likeness (QED) is 0.384. The Labute approximate surface area is 209 Å². The van der Waals surface area contributed by atoms with Crippen molar-refractivity contribution in [1.82, 2.24) is 14.1 Å². The van der Waals surface area contributed by atoms with E-state index in [0.717, 1.165) is 71.2 Å². The highest BCUT2D eigenvalue weighted by Gasteiger charge is 2.43. The molecule has 6 heteroatoms. The first-order chi connectivity index (χ1) is 17.0. The van der Waals surface area contributed by atoms with Crippen LogP contribution in [0, 0.1) is 12.8 Å². The molecule has 0 N–H and O–H groups in total. The fraction of sp³-hybridized carbons (Fsp3) is 0.552. The molecule has 1 saturated carbocycles. The number of benzene rings is 1. The number of aromatic nitrogens is 2. The minimum atomic E-state index is 0.551. The molecule has 0 radical (unpaired) electrons. The van der Waals surface area contributed by atoms with Gasteiger partial charge in [0.2, 0.25) is 0 Å². The van der Waals surface area contributed by atoms with Crippen molar-refractivity contribution in [3.8, 4) is 22.8 Å². The monoisotopic (exact) mass is 478 g/mol. The molecule has 1 atom stereocenters. The van der Waals surface area contributed by atoms with Gasteiger partial charge in [0.15, 0.2) is 5.69 Å². The van der Waals surface area contributed by atoms with Gasteiger partial charge in [-0.25, -0.2) is 4.52 Å². The van der Waals surface area contributed by atoms with Crippen molar-refractivity contribution in [2.24, 2.45) is 5.92 Å². The van der Waals surface area contributed by atoms with Gasteiger partial charge in [-0.05, 0) is 56.0 Å². The molecule has 2 aliphatic rings. The van der Waals surface area contributed by atoms with Crippen molar-refractivity contribution >= 4 is 11.2 Å². The van der Waals surface area contributed by atoms with E-state index >= 15 is 0 Å². The van der Waals surface area contributed by atoms with Crippen LogP contribution in [0.2, 0.25) is 0 Å². The van der Waals surface area contributed by atoms with Crippen LogP contribution in [-0.2, 0) is 11.2 Å². The Hall–Kier alpha value is -2.57. The minimum Gasteiger partial charge on any atom is -0.496 e. The molecule has 1 unspecified atom stereocenters. The first-order valence-corrected chi connectivity index (χ1v) is 13.2. The summed E-state index contributed by atoms with van der Waals surface area (Å²) < 4.78 is 20.5. The van der Waals surface area contributed by atoms with E-state index in [4.69, 9.17) is 19.3 Å². The van der Waals surface area contributed by atoms with E-state index in [9.17, 15) is 0 Å². The third-order valence-electron chi connectivity index (χ3n) is 8.31. The summed E-state index contributed by atoms with van der Waals surface area (Å²) in [6.45, 7) is 7.18. The lowest BCUT2D eigenvalue weighted by Gasteiger charge is -2.46. The summed E-state index contributed by atoms with van der Waals surface area (Å²) in [6, 6.07) is 11.2. The summed E-state index contributed by atoms with van der Waals surface area (Å²) in [5.74, 6) is 2.41. The number of nitrogens with zero attached hydrogens (tertiary/aromatic N) is 3. The topological polar surface area (TPSA) is 45.0 Å². The minimum absolute atomic E-state index is 0.551. The van der Waals surface area contributed by atoms with Crippen LogP contribution in [0.15, 0.2) is 30.3 Å². The number of hydrogen-bond donors (Lipinski definition) is 0. The Bertz CT molecular complexity index is 1170. The van der Waals surface area contributed by atoms with Gasteiger partial charge >= 0.3 is 0 Å². The zero-order chi connectivity index (χ0) is 24.6. The fourth-order valence-corrected chi connectivity index (χ4v) is 6.27. The van der Waals surface area contributed by atoms with E-state index in [2.05, 4.69) is 55.7 Å². The number of quaternary nitrogens is 1. The average Bonchev–Trinajstić information content (AvgIpc) is 3.25. The Morgan fingerprint density at radius 1 is 1.06 bits per heavy atom. The smallest absolute Gasteiger partial charge is 0.182 e. The summed E-state index contributed by atoms with van der Waals surface area (Å²) in [7, 11) is 5.91. The van der Waals surface area contributed by atoms with Gasteiger partial charge in [-0.1, -0.05) is 19.4 Å². The fourth-order valence-electron chi connectivity index (χ4n) is 6.27. The van der Waals surface area contributed by atoms with E-state index < -0.39 is 0 Å². The van der Waals surface area contributed by atoms with Crippen molar-refractivity contribution in [1.29, 1.82) is 0 Å². The van der Waals surface area contributed by atoms with Gasteiger partial charge in [0.05, 0.1) is 58.3 Å². The van der Waals surface area contributed by atoms with Gasteiger partial charge in [0.1, 0.15) is 22.7 Å². The molecule has 6 nitrogen and oxygen atoms in total. The van der Waals surface area contributed by atoms with Crippen LogP contribution in [0.3, 0.4) is 0 Å². The lowest BCUT2D eigenvalue weighted by atomic mass is 9.83. The van der Waals surface area contributed by atoms with E-state index in [0.29, 0.717) is 6.04 Å². The summed E-state index contributed by atoms with van der Waals surface area (Å²) in [5.41, 5.74) is 6.82. The molecule has 1 aromatic carbocycles. The zero-order valence-electron chi connectivity index (χ0n) is 22.0. The van der Waals surface area contributed by atoms with Crippen LogP contribution in [0.5, 0.6) is 11.5 Å². The molecule has 35 heavy (non-hydrogen) atoms. The number of methoxy groups -OCH3 is 2. The first kappa shape index (κ1) is 24.1. The van der Waals surface area contributed by atoms with Crippen LogP contribution < -0.4 is 14.0 Å². The van der Waals surface area contributed by atoms with Crippen molar-refractivity contribution in [3.63, 3.8) is 0 Å². The summed E-state index contributed by atoms with van der Waals surface area (Å²) in [6.07, 6.45) is 7.17. The molecule has 1 aliphatic carbocycles. The second-order valence-corrected chi connectivity index (χ2v) is 10.5. The molecule has 2 aromatic heterocycles. The maximum Gasteiger partial charge on any atom is 0.182 e. The Morgan fingerprint density at radius 2 is 1.74 bits per heavy atom. The van der Waals surface area contributed by atoms with Crippen LogP contribution in [-0.4, -0.2) is 56.7 Å². The van der Waals surface area contributed by atoms with Gasteiger partial charge < -0.3 is 14.2 Å². The molecule has 0 spiro atoms. The van der Waals surface area contributed by atoms with Gasteiger partial charge in [-0.15, -0.1) is 0 Å². The molecule has 188 valence electrons. The van der Waals surface area contributed by atoms with Gasteiger partial charge in [-0.3, -0.25) is 4.48 Å². The predicted octanol–water partition coefficient (Wildman–Crippen LogP) is 5.81. The number of hydrogen-bond acceptors (Lipinski definition) is 4. The average molecular weight is 479 g/mol. The van der Waals surface area contributed by atoms with E-state index in [1.807, 2.05) is 0 Å². The standard InChI is InChI=1S/C29H40N3O3/c1-6-23-29(32(3,19-21-9-7-10-21)22-13-15-35-16-14-22)25-12-8-11-24(31(25)30-23)28-26(33-4)17-20(2)18-27(28)34-5/h8,11-12,17-18,21-22H,6-7,9-10,13-16,19H2,1-5H3/q+1. The summed E-state index contributed by atoms with van der Waals surface area (Å²) >= 11 is 0. The molecule has 1 saturated heterocycles. The highest BCUT2D eigenvalue weighted by molar-refractivity contribution is 5.82. The van der Waals surface area contributed by atoms with Crippen molar-refractivity contribution in [2.75, 3.05) is 41.0 Å². The van der Waals surface area contributed by atoms with E-state index in [1.54, 1.807) is 14.2 Å². The molecule has 3 aromatic rings. The second kappa shape index (κ2) is 9.82. The zero-order valence-corrected chi connectivity index (χ0v) is 22.0. The van der Waals surface area contributed by atoms with E-state index in [-0.39, 0.29) is 0 Å². The lowest BCUT2D eigenvalue weighted by Crippen LogP contribution is -2.58. The number of ether oxygens (including phenoxy) is 3. The molecule has 3 heterocycles. The largest absolute Gasteiger partial charge is 0.496 e. The number of fused-ring (bicyclic) bond motifs is 1. The third kappa shape index (κ3) is 4.21. The molecule has 1 aliphatic heterocycles. The first-order valence-electron chi connectivity index (χ1n) is 13.2. The third-order valence-corrected chi connectivity index (χ3v) is 8.31. The van der Waals surface area contributed by atoms with Gasteiger partial charge in [0, 0.05) is 18.8 Å². The maximum absolute atomic E-state index is 5.83. The van der Waals surface area contributed by atoms with Crippen molar-refractivity contribution in [3.05, 3.63) is 41.6 Å². The second-order valence-electron chi connectivity index (χ2n) is 10.5. The van der Waals surface area contributed by atoms with E-state index in [1.165, 1.54) is 42.7 Å². The predicted molar refractivity (Wildman–Crippen MR) is 142 cm³/mol. The summed E-state index contributed by atoms with van der Waals surface area (Å²) in [5, 5.41) is 5.25. The van der Waals surface area contributed by atoms with Gasteiger partial charge in [-0.2, -0.15) is 5.10 Å². The number of rotatable bonds is 8. The van der Waals surface area contributed by atoms with Crippen LogP contribution in [0.25, 0.3) is 16.8 Å². The molecule has 0 amide bonds. The van der Waals surface area contributed by atoms with Crippen molar-refractivity contribution in [2.45, 2.75) is 58.4 Å². The lowest BCUT2D eigenvalue weighted by molar-refractivity contribution is 0.0357. The number of aryl methyl sites for hydroxylation is 2. The summed E-state index contributed by atoms with van der Waals surface area (Å²) in [4.78, 5) is 0. The normalized spacial score (nSPS) is 18.9. The van der Waals surface area contributed by atoms with Gasteiger partial charge in [0.25, 0.3) is 0 Å². The van der Waals surface area contributed by atoms with Crippen LogP contribution in [0.1, 0.15) is 50.3 Å². The highest BCUT2D eigenvalue weighted by Crippen LogP contribution is 2.44. The number of pyridine rings is 1. The molecule has 2 fully saturated rings. The van der Waals surface area contributed by atoms with Crippen molar-refractivity contribution < 1.29 is 14.2 Å². The SMILES string of the molecule is CCc1nn2c(-c3c(OC)cc(C)cc3OC)cccc2c1[N+](C)(CC1CCC1)C1CCOCC1. The molecule has 5 rings (SSSR count). The molecular formula is C29H40N3O3+. The van der Waals surface area contributed by atoms with Crippen LogP contribution in [0.4, 0.5) is 5.69 Å². The maximum atomic E-state index is 5.83. The van der Waals surface area contributed by atoms with Crippen LogP contribution >= 0.6 is 0 Å². The highest BCUT2D eigenvalue weighted by atomic mass is 16.5. The molecule has 0 bridgehead atoms. The Morgan fingerprint density at radius 3 is 2.31 bits per heavy atom. The molecular weight excluding hydrogens is 438 g/mol. The Kier molecular flexibility index (Phi) is 6.78. The Balaban J connectivity index is 1.73.